The summed E-state index contributed by atoms with van der Waals surface area (Å²) in [5.41, 5.74) is 5.76. The van der Waals surface area contributed by atoms with E-state index in [0.717, 1.165) is 41.4 Å². The predicted octanol–water partition coefficient (Wildman–Crippen LogP) is 5.10. The summed E-state index contributed by atoms with van der Waals surface area (Å²) in [7, 11) is -3.55. The molecule has 1 amide bonds. The van der Waals surface area contributed by atoms with Gasteiger partial charge in [-0.1, -0.05) is 18.2 Å². The molecule has 2 aromatic heterocycles. The highest BCUT2D eigenvalue weighted by Crippen LogP contribution is 2.28. The van der Waals surface area contributed by atoms with Crippen LogP contribution in [0.25, 0.3) is 16.6 Å². The standard InChI is InChI=1S/C27H31N5O3S2/c1-17-13-21-14-19(3)26-29-30-27(32(26)24(21)15-18(17)2)36-16-25(33)28-22-8-10-23(11-9-22)37(34,35)31-12-6-5-7-20(31)4/h8-11,13-15,20H,5-7,12,16H2,1-4H3,(H,28,33)/t20-/m0/s1. The fraction of sp³-hybridized carbons (Fsp3) is 0.370. The summed E-state index contributed by atoms with van der Waals surface area (Å²) in [5.74, 6) is -0.0575. The third-order valence-electron chi connectivity index (χ3n) is 7.06. The molecule has 1 fully saturated rings. The molecule has 0 aliphatic carbocycles. The van der Waals surface area contributed by atoms with Gasteiger partial charge in [-0.15, -0.1) is 10.2 Å². The molecule has 3 heterocycles. The van der Waals surface area contributed by atoms with Gasteiger partial charge in [0.1, 0.15) is 0 Å². The number of amides is 1. The lowest BCUT2D eigenvalue weighted by molar-refractivity contribution is -0.113. The Bertz CT molecular complexity index is 1600. The van der Waals surface area contributed by atoms with Crippen LogP contribution >= 0.6 is 11.8 Å². The Morgan fingerprint density at radius 3 is 2.46 bits per heavy atom. The number of nitrogens with zero attached hydrogens (tertiary/aromatic N) is 4. The van der Waals surface area contributed by atoms with Crippen molar-refractivity contribution >= 4 is 49.9 Å². The summed E-state index contributed by atoms with van der Waals surface area (Å²) >= 11 is 1.32. The maximum Gasteiger partial charge on any atom is 0.243 e. The van der Waals surface area contributed by atoms with Crippen LogP contribution < -0.4 is 5.32 Å². The van der Waals surface area contributed by atoms with Gasteiger partial charge in [-0.05, 0) is 105 Å². The quantitative estimate of drug-likeness (QED) is 0.344. The Balaban J connectivity index is 1.30. The molecule has 1 aliphatic heterocycles. The zero-order valence-electron chi connectivity index (χ0n) is 21.5. The second-order valence-corrected chi connectivity index (χ2v) is 12.6. The molecule has 10 heteroatoms. The highest BCUT2D eigenvalue weighted by atomic mass is 32.2. The van der Waals surface area contributed by atoms with E-state index in [9.17, 15) is 13.2 Å². The minimum atomic E-state index is -3.55. The highest BCUT2D eigenvalue weighted by molar-refractivity contribution is 7.99. The van der Waals surface area contributed by atoms with Crippen molar-refractivity contribution in [3.8, 4) is 0 Å². The number of hydrogen-bond donors (Lipinski definition) is 1. The Kier molecular flexibility index (Phi) is 6.99. The first-order valence-electron chi connectivity index (χ1n) is 12.5. The Morgan fingerprint density at radius 2 is 1.73 bits per heavy atom. The van der Waals surface area contributed by atoms with E-state index in [-0.39, 0.29) is 22.6 Å². The molecule has 8 nitrogen and oxygen atoms in total. The van der Waals surface area contributed by atoms with E-state index in [1.54, 1.807) is 28.6 Å². The fourth-order valence-electron chi connectivity index (χ4n) is 4.87. The first-order valence-corrected chi connectivity index (χ1v) is 14.9. The van der Waals surface area contributed by atoms with Crippen molar-refractivity contribution < 1.29 is 13.2 Å². The number of nitrogens with one attached hydrogen (secondary N) is 1. The van der Waals surface area contributed by atoms with Gasteiger partial charge in [-0.3, -0.25) is 9.20 Å². The molecule has 1 aliphatic rings. The maximum atomic E-state index is 13.0. The second kappa shape index (κ2) is 10.1. The number of hydrogen-bond acceptors (Lipinski definition) is 6. The average molecular weight is 538 g/mol. The SMILES string of the molecule is Cc1cc2cc(C)c3nnc(SCC(=O)Nc4ccc(S(=O)(=O)N5CCCC[C@@H]5C)cc4)n3c2cc1C. The van der Waals surface area contributed by atoms with Crippen LogP contribution in [0.3, 0.4) is 0 Å². The predicted molar refractivity (Wildman–Crippen MR) is 148 cm³/mol. The average Bonchev–Trinajstić information content (AvgIpc) is 3.30. The third-order valence-corrected chi connectivity index (χ3v) is 10.0. The molecular weight excluding hydrogens is 506 g/mol. The molecule has 0 saturated carbocycles. The van der Waals surface area contributed by atoms with E-state index < -0.39 is 10.0 Å². The molecule has 0 spiro atoms. The number of carbonyl (C=O) groups is 1. The molecule has 5 rings (SSSR count). The number of anilines is 1. The van der Waals surface area contributed by atoms with Crippen LogP contribution in [0.2, 0.25) is 0 Å². The van der Waals surface area contributed by atoms with Gasteiger partial charge < -0.3 is 5.32 Å². The summed E-state index contributed by atoms with van der Waals surface area (Å²) < 4.78 is 29.7. The highest BCUT2D eigenvalue weighted by Gasteiger charge is 2.30. The number of sulfonamides is 1. The molecule has 1 N–H and O–H groups in total. The van der Waals surface area contributed by atoms with Gasteiger partial charge in [0.05, 0.1) is 16.2 Å². The summed E-state index contributed by atoms with van der Waals surface area (Å²) in [4.78, 5) is 13.0. The van der Waals surface area contributed by atoms with E-state index in [1.807, 2.05) is 18.2 Å². The normalized spacial score (nSPS) is 16.9. The summed E-state index contributed by atoms with van der Waals surface area (Å²) in [6, 6.07) is 12.8. The first-order chi connectivity index (χ1) is 17.6. The van der Waals surface area contributed by atoms with E-state index >= 15 is 0 Å². The molecular formula is C27H31N5O3S2. The Hall–Kier alpha value is -2.95. The van der Waals surface area contributed by atoms with E-state index in [2.05, 4.69) is 47.6 Å². The lowest BCUT2D eigenvalue weighted by Gasteiger charge is -2.32. The van der Waals surface area contributed by atoms with Crippen molar-refractivity contribution in [3.05, 3.63) is 59.2 Å². The minimum absolute atomic E-state index is 0.00256. The van der Waals surface area contributed by atoms with Crippen LogP contribution in [0.1, 0.15) is 42.9 Å². The number of carbonyl (C=O) groups excluding carboxylic acids is 1. The topological polar surface area (TPSA) is 96.7 Å². The van der Waals surface area contributed by atoms with Crippen molar-refractivity contribution in [2.75, 3.05) is 17.6 Å². The van der Waals surface area contributed by atoms with Crippen LogP contribution in [0.5, 0.6) is 0 Å². The number of piperidine rings is 1. The van der Waals surface area contributed by atoms with Gasteiger partial charge in [0.15, 0.2) is 10.8 Å². The molecule has 0 bridgehead atoms. The van der Waals surface area contributed by atoms with E-state index in [0.29, 0.717) is 17.4 Å². The number of benzene rings is 2. The van der Waals surface area contributed by atoms with Crippen LogP contribution in [-0.4, -0.2) is 51.6 Å². The van der Waals surface area contributed by atoms with Crippen LogP contribution in [0, 0.1) is 20.8 Å². The van der Waals surface area contributed by atoms with Gasteiger partial charge in [0.25, 0.3) is 0 Å². The molecule has 37 heavy (non-hydrogen) atoms. The maximum absolute atomic E-state index is 13.0. The molecule has 1 atom stereocenters. The second-order valence-electron chi connectivity index (χ2n) is 9.79. The monoisotopic (exact) mass is 537 g/mol. The molecule has 0 unspecified atom stereocenters. The van der Waals surface area contributed by atoms with Gasteiger partial charge >= 0.3 is 0 Å². The number of aromatic nitrogens is 3. The lowest BCUT2D eigenvalue weighted by Crippen LogP contribution is -2.41. The van der Waals surface area contributed by atoms with Gasteiger partial charge in [-0.2, -0.15) is 4.31 Å². The smallest absolute Gasteiger partial charge is 0.243 e. The van der Waals surface area contributed by atoms with Crippen LogP contribution in [0.4, 0.5) is 5.69 Å². The first kappa shape index (κ1) is 25.7. The molecule has 0 radical (unpaired) electrons. The Labute approximate surface area is 221 Å². The summed E-state index contributed by atoms with van der Waals surface area (Å²) in [6.45, 7) is 8.68. The molecule has 2 aromatic carbocycles. The van der Waals surface area contributed by atoms with Crippen LogP contribution in [-0.2, 0) is 14.8 Å². The van der Waals surface area contributed by atoms with E-state index in [1.165, 1.54) is 22.9 Å². The van der Waals surface area contributed by atoms with Gasteiger partial charge in [0.2, 0.25) is 15.9 Å². The van der Waals surface area contributed by atoms with Gasteiger partial charge in [0, 0.05) is 18.3 Å². The fourth-order valence-corrected chi connectivity index (χ4v) is 7.31. The molecule has 1 saturated heterocycles. The number of thioether (sulfide) groups is 1. The zero-order valence-corrected chi connectivity index (χ0v) is 23.1. The number of pyridine rings is 1. The van der Waals surface area contributed by atoms with Crippen molar-refractivity contribution in [1.29, 1.82) is 0 Å². The largest absolute Gasteiger partial charge is 0.325 e. The van der Waals surface area contributed by atoms with Crippen molar-refractivity contribution in [3.63, 3.8) is 0 Å². The van der Waals surface area contributed by atoms with Crippen LogP contribution in [0.15, 0.2) is 52.5 Å². The Morgan fingerprint density at radius 1 is 1.03 bits per heavy atom. The molecule has 194 valence electrons. The van der Waals surface area contributed by atoms with Crippen molar-refractivity contribution in [1.82, 2.24) is 18.9 Å². The summed E-state index contributed by atoms with van der Waals surface area (Å²) in [6.07, 6.45) is 2.81. The number of fused-ring (bicyclic) bond motifs is 3. The minimum Gasteiger partial charge on any atom is -0.325 e. The van der Waals surface area contributed by atoms with E-state index in [4.69, 9.17) is 0 Å². The third kappa shape index (κ3) is 4.97. The zero-order chi connectivity index (χ0) is 26.3. The number of rotatable bonds is 6. The van der Waals surface area contributed by atoms with Crippen molar-refractivity contribution in [2.45, 2.75) is 63.1 Å². The lowest BCUT2D eigenvalue weighted by atomic mass is 10.0. The molecule has 4 aromatic rings. The summed E-state index contributed by atoms with van der Waals surface area (Å²) in [5, 5.41) is 13.3. The van der Waals surface area contributed by atoms with Gasteiger partial charge in [-0.25, -0.2) is 8.42 Å². The number of aryl methyl sites for hydroxylation is 3. The van der Waals surface area contributed by atoms with Crippen molar-refractivity contribution in [2.24, 2.45) is 0 Å².